The van der Waals surface area contributed by atoms with Crippen molar-refractivity contribution in [1.29, 1.82) is 0 Å². The topological polar surface area (TPSA) is 32.3 Å². The Balaban J connectivity index is 2.37. The second-order valence-electron chi connectivity index (χ2n) is 6.70. The number of carbonyl (C=O) groups is 1. The van der Waals surface area contributed by atoms with Crippen LogP contribution in [-0.4, -0.2) is 19.5 Å². The van der Waals surface area contributed by atoms with E-state index in [2.05, 4.69) is 51.2 Å². The van der Waals surface area contributed by atoms with Crippen LogP contribution in [-0.2, 0) is 11.2 Å². The Kier molecular flexibility index (Phi) is 4.19. The molecule has 0 saturated carbocycles. The second kappa shape index (κ2) is 5.57. The van der Waals surface area contributed by atoms with Crippen molar-refractivity contribution < 1.29 is 4.79 Å². The van der Waals surface area contributed by atoms with Crippen LogP contribution < -0.4 is 10.2 Å². The van der Waals surface area contributed by atoms with Crippen molar-refractivity contribution in [3.05, 3.63) is 29.3 Å². The van der Waals surface area contributed by atoms with E-state index in [1.165, 1.54) is 11.1 Å². The lowest BCUT2D eigenvalue weighted by Gasteiger charge is -2.33. The summed E-state index contributed by atoms with van der Waals surface area (Å²) >= 11 is 0. The Hall–Kier alpha value is -1.35. The first-order valence-electron chi connectivity index (χ1n) is 7.47. The molecule has 0 fully saturated rings. The van der Waals surface area contributed by atoms with Gasteiger partial charge in [-0.25, -0.2) is 0 Å². The van der Waals surface area contributed by atoms with Gasteiger partial charge in [0.15, 0.2) is 0 Å². The number of nitrogens with one attached hydrogen (secondary N) is 1. The zero-order valence-corrected chi connectivity index (χ0v) is 13.3. The lowest BCUT2D eigenvalue weighted by atomic mass is 9.81. The number of benzene rings is 1. The van der Waals surface area contributed by atoms with Crippen molar-refractivity contribution in [3.8, 4) is 0 Å². The highest BCUT2D eigenvalue weighted by molar-refractivity contribution is 5.95. The van der Waals surface area contributed by atoms with E-state index in [1.54, 1.807) is 4.90 Å². The van der Waals surface area contributed by atoms with Gasteiger partial charge >= 0.3 is 0 Å². The molecular formula is C17H26N2O. The van der Waals surface area contributed by atoms with Gasteiger partial charge in [-0.05, 0) is 35.6 Å². The number of aryl methyl sites for hydroxylation is 1. The molecule has 1 amide bonds. The average Bonchev–Trinajstić information content (AvgIpc) is 2.39. The highest BCUT2D eigenvalue weighted by Gasteiger charge is 2.27. The molecule has 20 heavy (non-hydrogen) atoms. The monoisotopic (exact) mass is 274 g/mol. The lowest BCUT2D eigenvalue weighted by Crippen LogP contribution is -2.33. The lowest BCUT2D eigenvalue weighted by molar-refractivity contribution is -0.118. The molecule has 0 aliphatic carbocycles. The summed E-state index contributed by atoms with van der Waals surface area (Å²) in [6, 6.07) is 6.86. The van der Waals surface area contributed by atoms with Gasteiger partial charge < -0.3 is 10.2 Å². The summed E-state index contributed by atoms with van der Waals surface area (Å²) in [5.74, 6) is 0.212. The molecule has 1 aliphatic heterocycles. The third-order valence-corrected chi connectivity index (χ3v) is 4.05. The van der Waals surface area contributed by atoms with Gasteiger partial charge in [0, 0.05) is 25.2 Å². The summed E-state index contributed by atoms with van der Waals surface area (Å²) < 4.78 is 0. The molecule has 0 spiro atoms. The Labute approximate surface area is 122 Å². The third-order valence-electron chi connectivity index (χ3n) is 4.05. The van der Waals surface area contributed by atoms with Gasteiger partial charge in [-0.15, -0.1) is 0 Å². The standard InChI is InChI=1S/C17H26N2O/c1-6-18-16(17(2,3)4)13-7-9-14-12(11-13)8-10-15(20)19(14)5/h7,9,11,16,18H,6,8,10H2,1-5H3. The summed E-state index contributed by atoms with van der Waals surface area (Å²) in [5.41, 5.74) is 3.84. The molecule has 110 valence electrons. The van der Waals surface area contributed by atoms with Gasteiger partial charge in [0.05, 0.1) is 0 Å². The quantitative estimate of drug-likeness (QED) is 0.917. The molecule has 1 N–H and O–H groups in total. The zero-order chi connectivity index (χ0) is 14.9. The van der Waals surface area contributed by atoms with Crippen molar-refractivity contribution in [3.63, 3.8) is 0 Å². The molecular weight excluding hydrogens is 248 g/mol. The molecule has 1 unspecified atom stereocenters. The number of anilines is 1. The van der Waals surface area contributed by atoms with E-state index in [0.717, 1.165) is 18.7 Å². The number of fused-ring (bicyclic) bond motifs is 1. The van der Waals surface area contributed by atoms with Gasteiger partial charge in [0.1, 0.15) is 0 Å². The first kappa shape index (κ1) is 15.0. The number of hydrogen-bond acceptors (Lipinski definition) is 2. The fourth-order valence-corrected chi connectivity index (χ4v) is 2.98. The Bertz CT molecular complexity index is 502. The van der Waals surface area contributed by atoms with E-state index in [-0.39, 0.29) is 11.3 Å². The van der Waals surface area contributed by atoms with Gasteiger partial charge in [0.25, 0.3) is 0 Å². The maximum absolute atomic E-state index is 11.8. The second-order valence-corrected chi connectivity index (χ2v) is 6.70. The van der Waals surface area contributed by atoms with Crippen molar-refractivity contribution in [2.75, 3.05) is 18.5 Å². The number of nitrogens with zero attached hydrogens (tertiary/aromatic N) is 1. The maximum Gasteiger partial charge on any atom is 0.227 e. The summed E-state index contributed by atoms with van der Waals surface area (Å²) in [6.07, 6.45) is 1.48. The Morgan fingerprint density at radius 3 is 2.60 bits per heavy atom. The summed E-state index contributed by atoms with van der Waals surface area (Å²) in [7, 11) is 1.87. The summed E-state index contributed by atoms with van der Waals surface area (Å²) in [4.78, 5) is 13.5. The van der Waals surface area contributed by atoms with Crippen molar-refractivity contribution in [1.82, 2.24) is 5.32 Å². The molecule has 3 heteroatoms. The van der Waals surface area contributed by atoms with Crippen LogP contribution in [0.25, 0.3) is 0 Å². The normalized spacial score (nSPS) is 17.1. The minimum atomic E-state index is 0.167. The highest BCUT2D eigenvalue weighted by atomic mass is 16.2. The minimum absolute atomic E-state index is 0.167. The van der Waals surface area contributed by atoms with Crippen LogP contribution in [0.4, 0.5) is 5.69 Å². The van der Waals surface area contributed by atoms with Crippen LogP contribution in [0.5, 0.6) is 0 Å². The molecule has 0 saturated heterocycles. The fraction of sp³-hybridized carbons (Fsp3) is 0.588. The zero-order valence-electron chi connectivity index (χ0n) is 13.3. The number of rotatable bonds is 3. The smallest absolute Gasteiger partial charge is 0.227 e. The SMILES string of the molecule is CCNC(c1ccc2c(c1)CCC(=O)N2C)C(C)(C)C. The molecule has 0 aromatic heterocycles. The summed E-state index contributed by atoms with van der Waals surface area (Å²) in [6.45, 7) is 9.88. The molecule has 0 radical (unpaired) electrons. The Morgan fingerprint density at radius 1 is 1.30 bits per heavy atom. The number of carbonyl (C=O) groups excluding carboxylic acids is 1. The third kappa shape index (κ3) is 2.88. The molecule has 1 heterocycles. The number of hydrogen-bond donors (Lipinski definition) is 1. The van der Waals surface area contributed by atoms with Crippen LogP contribution >= 0.6 is 0 Å². The largest absolute Gasteiger partial charge is 0.315 e. The van der Waals surface area contributed by atoms with Crippen molar-refractivity contribution >= 4 is 11.6 Å². The van der Waals surface area contributed by atoms with E-state index >= 15 is 0 Å². The molecule has 1 aliphatic rings. The van der Waals surface area contributed by atoms with Gasteiger partial charge in [-0.1, -0.05) is 39.8 Å². The number of amides is 1. The predicted octanol–water partition coefficient (Wildman–Crippen LogP) is 3.29. The molecule has 1 aromatic rings. The Morgan fingerprint density at radius 2 is 2.00 bits per heavy atom. The fourth-order valence-electron chi connectivity index (χ4n) is 2.98. The predicted molar refractivity (Wildman–Crippen MR) is 84.0 cm³/mol. The first-order chi connectivity index (χ1) is 9.34. The van der Waals surface area contributed by atoms with Gasteiger partial charge in [0.2, 0.25) is 5.91 Å². The first-order valence-corrected chi connectivity index (χ1v) is 7.47. The molecule has 1 aromatic carbocycles. The van der Waals surface area contributed by atoms with E-state index in [0.29, 0.717) is 12.5 Å². The van der Waals surface area contributed by atoms with Crippen LogP contribution in [0.3, 0.4) is 0 Å². The van der Waals surface area contributed by atoms with Crippen LogP contribution in [0.2, 0.25) is 0 Å². The molecule has 1 atom stereocenters. The molecule has 0 bridgehead atoms. The average molecular weight is 274 g/mol. The van der Waals surface area contributed by atoms with E-state index < -0.39 is 0 Å². The van der Waals surface area contributed by atoms with Crippen LogP contribution in [0.1, 0.15) is 51.3 Å². The minimum Gasteiger partial charge on any atom is -0.315 e. The highest BCUT2D eigenvalue weighted by Crippen LogP contribution is 2.36. The molecule has 2 rings (SSSR count). The summed E-state index contributed by atoms with van der Waals surface area (Å²) in [5, 5.41) is 3.59. The van der Waals surface area contributed by atoms with Gasteiger partial charge in [-0.2, -0.15) is 0 Å². The van der Waals surface area contributed by atoms with E-state index in [4.69, 9.17) is 0 Å². The van der Waals surface area contributed by atoms with E-state index in [1.807, 2.05) is 7.05 Å². The van der Waals surface area contributed by atoms with Crippen molar-refractivity contribution in [2.24, 2.45) is 5.41 Å². The van der Waals surface area contributed by atoms with E-state index in [9.17, 15) is 4.79 Å². The van der Waals surface area contributed by atoms with Gasteiger partial charge in [-0.3, -0.25) is 4.79 Å². The van der Waals surface area contributed by atoms with Crippen molar-refractivity contribution in [2.45, 2.75) is 46.6 Å². The maximum atomic E-state index is 11.8. The van der Waals surface area contributed by atoms with Crippen LogP contribution in [0.15, 0.2) is 18.2 Å². The van der Waals surface area contributed by atoms with Crippen LogP contribution in [0, 0.1) is 5.41 Å². The molecule has 3 nitrogen and oxygen atoms in total.